The van der Waals surface area contributed by atoms with Crippen LogP contribution in [0.5, 0.6) is 0 Å². The Balaban J connectivity index is 1.65. The molecule has 0 radical (unpaired) electrons. The van der Waals surface area contributed by atoms with Crippen molar-refractivity contribution in [2.45, 2.75) is 6.54 Å². The van der Waals surface area contributed by atoms with Crippen LogP contribution in [0.25, 0.3) is 11.0 Å². The van der Waals surface area contributed by atoms with Gasteiger partial charge in [-0.05, 0) is 23.8 Å². The van der Waals surface area contributed by atoms with E-state index in [2.05, 4.69) is 10.3 Å². The van der Waals surface area contributed by atoms with Crippen LogP contribution >= 0.6 is 34.5 Å². The summed E-state index contributed by atoms with van der Waals surface area (Å²) in [6.07, 6.45) is 4.97. The summed E-state index contributed by atoms with van der Waals surface area (Å²) in [5.74, 6) is -0.198. The predicted molar refractivity (Wildman–Crippen MR) is 90.4 cm³/mol. The molecule has 1 N–H and O–H groups in total. The number of rotatable bonds is 4. The molecule has 3 rings (SSSR count). The Bertz CT molecular complexity index is 836. The molecule has 0 fully saturated rings. The normalized spacial score (nSPS) is 11.4. The van der Waals surface area contributed by atoms with Crippen LogP contribution in [-0.2, 0) is 11.3 Å². The number of hydrogen-bond acceptors (Lipinski definition) is 3. The number of fused-ring (bicyclic) bond motifs is 1. The molecular formula is C15H11Cl2N3OS. The lowest BCUT2D eigenvalue weighted by atomic mass is 10.2. The smallest absolute Gasteiger partial charge is 0.244 e. The number of amides is 1. The summed E-state index contributed by atoms with van der Waals surface area (Å²) < 4.78 is 1.84. The van der Waals surface area contributed by atoms with Gasteiger partial charge < -0.3 is 5.32 Å². The molecule has 0 bridgehead atoms. The van der Waals surface area contributed by atoms with E-state index in [0.717, 1.165) is 10.5 Å². The van der Waals surface area contributed by atoms with Gasteiger partial charge in [0.25, 0.3) is 0 Å². The highest BCUT2D eigenvalue weighted by molar-refractivity contribution is 7.15. The Hall–Kier alpha value is -1.82. The molecule has 0 saturated heterocycles. The van der Waals surface area contributed by atoms with Crippen molar-refractivity contribution in [3.8, 4) is 0 Å². The van der Waals surface area contributed by atoms with Gasteiger partial charge in [0.1, 0.15) is 0 Å². The number of imidazole rings is 1. The minimum Gasteiger partial charge on any atom is -0.348 e. The second-order valence-corrected chi connectivity index (χ2v) is 6.19. The van der Waals surface area contributed by atoms with Crippen LogP contribution in [0.4, 0.5) is 0 Å². The van der Waals surface area contributed by atoms with Crippen LogP contribution in [0.15, 0.2) is 41.9 Å². The fraction of sp³-hybridized carbons (Fsp3) is 0.0667. The molecule has 4 nitrogen and oxygen atoms in total. The van der Waals surface area contributed by atoms with E-state index in [-0.39, 0.29) is 5.91 Å². The van der Waals surface area contributed by atoms with Crippen LogP contribution in [-0.4, -0.2) is 15.3 Å². The molecule has 0 aliphatic heterocycles. The van der Waals surface area contributed by atoms with Crippen molar-refractivity contribution >= 4 is 51.5 Å². The van der Waals surface area contributed by atoms with E-state index in [4.69, 9.17) is 23.2 Å². The summed E-state index contributed by atoms with van der Waals surface area (Å²) in [5, 5.41) is 5.77. The van der Waals surface area contributed by atoms with Gasteiger partial charge in [-0.15, -0.1) is 11.3 Å². The molecule has 22 heavy (non-hydrogen) atoms. The SMILES string of the molecule is O=C(/C=C/c1c(Cl)nc2sccn12)NCc1ccc(Cl)cc1. The van der Waals surface area contributed by atoms with Crippen molar-refractivity contribution in [3.63, 3.8) is 0 Å². The highest BCUT2D eigenvalue weighted by atomic mass is 35.5. The van der Waals surface area contributed by atoms with E-state index in [1.165, 1.54) is 17.4 Å². The maximum absolute atomic E-state index is 11.9. The van der Waals surface area contributed by atoms with Gasteiger partial charge in [0.15, 0.2) is 10.1 Å². The lowest BCUT2D eigenvalue weighted by molar-refractivity contribution is -0.116. The van der Waals surface area contributed by atoms with E-state index in [0.29, 0.717) is 22.4 Å². The number of thiazole rings is 1. The monoisotopic (exact) mass is 351 g/mol. The van der Waals surface area contributed by atoms with E-state index in [1.807, 2.05) is 28.1 Å². The van der Waals surface area contributed by atoms with E-state index >= 15 is 0 Å². The molecule has 0 saturated carbocycles. The van der Waals surface area contributed by atoms with Crippen LogP contribution in [0.2, 0.25) is 10.2 Å². The summed E-state index contributed by atoms with van der Waals surface area (Å²) >= 11 is 13.4. The van der Waals surface area contributed by atoms with Crippen molar-refractivity contribution in [1.29, 1.82) is 0 Å². The zero-order valence-corrected chi connectivity index (χ0v) is 13.6. The second kappa shape index (κ2) is 6.52. The second-order valence-electron chi connectivity index (χ2n) is 4.52. The topological polar surface area (TPSA) is 46.4 Å². The van der Waals surface area contributed by atoms with Gasteiger partial charge in [0.05, 0.1) is 5.69 Å². The third-order valence-electron chi connectivity index (χ3n) is 3.03. The first-order valence-electron chi connectivity index (χ1n) is 6.45. The van der Waals surface area contributed by atoms with Crippen LogP contribution < -0.4 is 5.32 Å². The zero-order valence-electron chi connectivity index (χ0n) is 11.3. The minimum absolute atomic E-state index is 0.198. The first kappa shape index (κ1) is 15.1. The molecular weight excluding hydrogens is 341 g/mol. The number of nitrogens with one attached hydrogen (secondary N) is 1. The van der Waals surface area contributed by atoms with Gasteiger partial charge in [0.2, 0.25) is 5.91 Å². The lowest BCUT2D eigenvalue weighted by Gasteiger charge is -2.02. The molecule has 0 aliphatic rings. The molecule has 7 heteroatoms. The number of carbonyl (C=O) groups is 1. The number of aromatic nitrogens is 2. The highest BCUT2D eigenvalue weighted by Gasteiger charge is 2.08. The van der Waals surface area contributed by atoms with E-state index < -0.39 is 0 Å². The standard InChI is InChI=1S/C15H11Cl2N3OS/c16-11-3-1-10(2-4-11)9-18-13(21)6-5-12-14(17)19-15-20(12)7-8-22-15/h1-8H,9H2,(H,18,21)/b6-5+. The van der Waals surface area contributed by atoms with Gasteiger partial charge in [-0.1, -0.05) is 35.3 Å². The van der Waals surface area contributed by atoms with Crippen LogP contribution in [0.3, 0.4) is 0 Å². The summed E-state index contributed by atoms with van der Waals surface area (Å²) in [4.78, 5) is 16.9. The number of benzene rings is 1. The van der Waals surface area contributed by atoms with Gasteiger partial charge in [-0.2, -0.15) is 0 Å². The minimum atomic E-state index is -0.198. The summed E-state index contributed by atoms with van der Waals surface area (Å²) in [6, 6.07) is 7.32. The fourth-order valence-electron chi connectivity index (χ4n) is 1.93. The average molecular weight is 352 g/mol. The molecule has 1 aromatic carbocycles. The number of hydrogen-bond donors (Lipinski definition) is 1. The van der Waals surface area contributed by atoms with Crippen molar-refractivity contribution in [2.24, 2.45) is 0 Å². The Kier molecular flexibility index (Phi) is 4.47. The lowest BCUT2D eigenvalue weighted by Crippen LogP contribution is -2.20. The van der Waals surface area contributed by atoms with Crippen molar-refractivity contribution in [1.82, 2.24) is 14.7 Å². The number of carbonyl (C=O) groups excluding carboxylic acids is 1. The maximum atomic E-state index is 11.9. The molecule has 0 aliphatic carbocycles. The Morgan fingerprint density at radius 1 is 1.32 bits per heavy atom. The van der Waals surface area contributed by atoms with Gasteiger partial charge in [0, 0.05) is 29.2 Å². The van der Waals surface area contributed by atoms with Crippen LogP contribution in [0, 0.1) is 0 Å². The fourth-order valence-corrected chi connectivity index (χ4v) is 3.06. The molecule has 0 atom stereocenters. The molecule has 2 aromatic heterocycles. The van der Waals surface area contributed by atoms with Gasteiger partial charge in [-0.25, -0.2) is 4.98 Å². The quantitative estimate of drug-likeness (QED) is 0.721. The van der Waals surface area contributed by atoms with Crippen LogP contribution in [0.1, 0.15) is 11.3 Å². The van der Waals surface area contributed by atoms with Gasteiger partial charge >= 0.3 is 0 Å². The predicted octanol–water partition coefficient (Wildman–Crippen LogP) is 4.03. The third-order valence-corrected chi connectivity index (χ3v) is 4.31. The molecule has 0 unspecified atom stereocenters. The van der Waals surface area contributed by atoms with Crippen molar-refractivity contribution < 1.29 is 4.79 Å². The first-order valence-corrected chi connectivity index (χ1v) is 8.08. The largest absolute Gasteiger partial charge is 0.348 e. The third kappa shape index (κ3) is 3.32. The van der Waals surface area contributed by atoms with E-state index in [1.54, 1.807) is 18.2 Å². The maximum Gasteiger partial charge on any atom is 0.244 e. The summed E-state index contributed by atoms with van der Waals surface area (Å²) in [7, 11) is 0. The molecule has 112 valence electrons. The summed E-state index contributed by atoms with van der Waals surface area (Å²) in [5.41, 5.74) is 1.67. The zero-order chi connectivity index (χ0) is 15.5. The number of nitrogens with zero attached hydrogens (tertiary/aromatic N) is 2. The molecule has 2 heterocycles. The first-order chi connectivity index (χ1) is 10.6. The molecule has 0 spiro atoms. The Morgan fingerprint density at radius 2 is 2.09 bits per heavy atom. The Morgan fingerprint density at radius 3 is 2.86 bits per heavy atom. The van der Waals surface area contributed by atoms with Crippen molar-refractivity contribution in [3.05, 3.63) is 63.4 Å². The van der Waals surface area contributed by atoms with Crippen molar-refractivity contribution in [2.75, 3.05) is 0 Å². The molecule has 3 aromatic rings. The highest BCUT2D eigenvalue weighted by Crippen LogP contribution is 2.22. The van der Waals surface area contributed by atoms with E-state index in [9.17, 15) is 4.79 Å². The van der Waals surface area contributed by atoms with Gasteiger partial charge in [-0.3, -0.25) is 9.20 Å². The average Bonchev–Trinajstić information content (AvgIpc) is 3.05. The number of halogens is 2. The summed E-state index contributed by atoms with van der Waals surface area (Å²) in [6.45, 7) is 0.439. The Labute approximate surface area is 141 Å². The molecule has 1 amide bonds.